The molecule has 4 nitrogen and oxygen atoms in total. The Morgan fingerprint density at radius 3 is 0.988 bits per heavy atom. The van der Waals surface area contributed by atoms with Gasteiger partial charge in [0.25, 0.3) is 0 Å². The van der Waals surface area contributed by atoms with Gasteiger partial charge in [0.05, 0.1) is 23.1 Å². The van der Waals surface area contributed by atoms with Crippen LogP contribution >= 0.6 is 0 Å². The molecule has 0 heterocycles. The molecular weight excluding hydrogens is 969 g/mol. The number of nitrogens with zero attached hydrogens (tertiary/aromatic N) is 4. The zero-order valence-corrected chi connectivity index (χ0v) is 44.2. The first-order valence-electron chi connectivity index (χ1n) is 27.6. The normalized spacial score (nSPS) is 12.8. The molecule has 1 aliphatic rings. The monoisotopic (exact) mass is 1020 g/mol. The summed E-state index contributed by atoms with van der Waals surface area (Å²) in [7, 11) is 0. The van der Waals surface area contributed by atoms with Gasteiger partial charge in [-0.3, -0.25) is 0 Å². The second-order valence-corrected chi connectivity index (χ2v) is 20.5. The number of anilines is 11. The van der Waals surface area contributed by atoms with Gasteiger partial charge in [0.15, 0.2) is 0 Å². The quantitative estimate of drug-likeness (QED) is 0.114. The summed E-state index contributed by atoms with van der Waals surface area (Å²) >= 11 is 0. The summed E-state index contributed by atoms with van der Waals surface area (Å²) in [6.07, 6.45) is 5.48. The van der Waals surface area contributed by atoms with Gasteiger partial charge < -0.3 is 19.6 Å². The maximum Gasteiger partial charge on any atom is 0.0631 e. The van der Waals surface area contributed by atoms with Gasteiger partial charge in [0.2, 0.25) is 0 Å². The van der Waals surface area contributed by atoms with Crippen LogP contribution in [0.2, 0.25) is 0 Å². The first-order valence-corrected chi connectivity index (χ1v) is 27.6. The average Bonchev–Trinajstić information content (AvgIpc) is 3.62. The minimum absolute atomic E-state index is 0.101. The summed E-state index contributed by atoms with van der Waals surface area (Å²) in [5.41, 5.74) is 17.1. The van der Waals surface area contributed by atoms with E-state index in [1.54, 1.807) is 0 Å². The fourth-order valence-corrected chi connectivity index (χ4v) is 11.9. The second-order valence-electron chi connectivity index (χ2n) is 20.5. The topological polar surface area (TPSA) is 13.0 Å². The van der Waals surface area contributed by atoms with Gasteiger partial charge in [-0.2, -0.15) is 0 Å². The minimum Gasteiger partial charge on any atom is -0.334 e. The van der Waals surface area contributed by atoms with Crippen LogP contribution in [0.25, 0.3) is 49.5 Å². The SMILES string of the molecule is C1=Cc2ccccc2C(N(c2ccc(-c3ccc(N(c4ccc(N(c5ccccc5)c5cccc6ccccc56)cc4)c4cccc5ccccc45)cc3)cc2)c2ccc(N(c3ccccc3)c3cccc4ccccc34)cc2)C1. The van der Waals surface area contributed by atoms with E-state index in [0.29, 0.717) is 0 Å². The lowest BCUT2D eigenvalue weighted by atomic mass is 9.90. The van der Waals surface area contributed by atoms with Crippen LogP contribution in [-0.4, -0.2) is 0 Å². The van der Waals surface area contributed by atoms with Gasteiger partial charge in [-0.25, -0.2) is 0 Å². The molecule has 14 rings (SSSR count). The summed E-state index contributed by atoms with van der Waals surface area (Å²) in [4.78, 5) is 9.66. The van der Waals surface area contributed by atoms with E-state index in [-0.39, 0.29) is 6.04 Å². The standard InChI is InChI=1S/C76H56N4/c1-3-27-61(28-4-1)77(73-35-15-23-57-19-7-11-31-69(57)73)65-47-51-67(52-48-65)79(75-37-17-25-59-21-9-13-33-71(59)75)63-43-39-55(40-44-63)56-41-45-64(46-42-56)80(76-38-18-26-60-22-10-14-34-72(60)76)68-53-49-66(50-54-68)78(62-29-5-2-6-30-62)74-36-16-24-58-20-8-12-32-70(58)74/h1-37,39-54,76H,38H2. The van der Waals surface area contributed by atoms with Crippen LogP contribution in [-0.2, 0) is 0 Å². The van der Waals surface area contributed by atoms with Gasteiger partial charge in [-0.15, -0.1) is 0 Å². The maximum atomic E-state index is 2.53. The molecule has 0 saturated carbocycles. The number of hydrogen-bond acceptors (Lipinski definition) is 4. The number of para-hydroxylation sites is 2. The molecule has 1 atom stereocenters. The lowest BCUT2D eigenvalue weighted by Crippen LogP contribution is -2.25. The summed E-state index contributed by atoms with van der Waals surface area (Å²) < 4.78 is 0. The van der Waals surface area contributed by atoms with Crippen LogP contribution < -0.4 is 19.6 Å². The Bertz CT molecular complexity index is 4310. The van der Waals surface area contributed by atoms with E-state index in [2.05, 4.69) is 341 Å². The van der Waals surface area contributed by atoms with Crippen molar-refractivity contribution in [3.8, 4) is 11.1 Å². The average molecular weight is 1030 g/mol. The molecule has 0 aliphatic heterocycles. The van der Waals surface area contributed by atoms with E-state index in [0.717, 1.165) is 80.1 Å². The van der Waals surface area contributed by atoms with E-state index in [1.165, 1.54) is 43.4 Å². The van der Waals surface area contributed by atoms with Gasteiger partial charge in [-0.05, 0) is 160 Å². The number of rotatable bonds is 13. The largest absolute Gasteiger partial charge is 0.334 e. The molecular formula is C76H56N4. The predicted octanol–water partition coefficient (Wildman–Crippen LogP) is 21.5. The van der Waals surface area contributed by atoms with Crippen LogP contribution in [0.3, 0.4) is 0 Å². The highest BCUT2D eigenvalue weighted by Crippen LogP contribution is 2.46. The Morgan fingerprint density at radius 1 is 0.250 bits per heavy atom. The molecule has 1 aliphatic carbocycles. The summed E-state index contributed by atoms with van der Waals surface area (Å²) in [6.45, 7) is 0. The van der Waals surface area contributed by atoms with E-state index < -0.39 is 0 Å². The third kappa shape index (κ3) is 9.09. The van der Waals surface area contributed by atoms with Crippen molar-refractivity contribution in [2.45, 2.75) is 12.5 Å². The number of hydrogen-bond donors (Lipinski definition) is 0. The zero-order valence-electron chi connectivity index (χ0n) is 44.2. The molecule has 0 N–H and O–H groups in total. The molecule has 0 fully saturated rings. The highest BCUT2D eigenvalue weighted by atomic mass is 15.2. The van der Waals surface area contributed by atoms with Gasteiger partial charge in [0.1, 0.15) is 0 Å². The van der Waals surface area contributed by atoms with Gasteiger partial charge >= 0.3 is 0 Å². The highest BCUT2D eigenvalue weighted by molar-refractivity contribution is 6.02. The molecule has 4 heteroatoms. The lowest BCUT2D eigenvalue weighted by molar-refractivity contribution is 0.702. The molecule has 0 radical (unpaired) electrons. The Labute approximate surface area is 468 Å². The third-order valence-electron chi connectivity index (χ3n) is 15.7. The van der Waals surface area contributed by atoms with Gasteiger partial charge in [0, 0.05) is 61.7 Å². The van der Waals surface area contributed by atoms with Crippen molar-refractivity contribution >= 4 is 101 Å². The third-order valence-corrected chi connectivity index (χ3v) is 15.7. The highest BCUT2D eigenvalue weighted by Gasteiger charge is 2.27. The zero-order chi connectivity index (χ0) is 53.2. The Morgan fingerprint density at radius 2 is 0.562 bits per heavy atom. The summed E-state index contributed by atoms with van der Waals surface area (Å²) in [6, 6.07) is 112. The van der Waals surface area contributed by atoms with Crippen molar-refractivity contribution in [1.82, 2.24) is 0 Å². The van der Waals surface area contributed by atoms with Gasteiger partial charge in [-0.1, -0.05) is 206 Å². The maximum absolute atomic E-state index is 2.53. The van der Waals surface area contributed by atoms with Crippen molar-refractivity contribution in [3.05, 3.63) is 327 Å². The van der Waals surface area contributed by atoms with E-state index in [9.17, 15) is 0 Å². The molecule has 1 unspecified atom stereocenters. The van der Waals surface area contributed by atoms with Crippen molar-refractivity contribution in [1.29, 1.82) is 0 Å². The molecule has 0 spiro atoms. The number of fused-ring (bicyclic) bond motifs is 4. The molecule has 13 aromatic carbocycles. The smallest absolute Gasteiger partial charge is 0.0631 e. The van der Waals surface area contributed by atoms with Crippen molar-refractivity contribution < 1.29 is 0 Å². The molecule has 13 aromatic rings. The first kappa shape index (κ1) is 48.0. The first-order chi connectivity index (χ1) is 39.7. The second kappa shape index (κ2) is 21.2. The molecule has 0 bridgehead atoms. The van der Waals surface area contributed by atoms with Crippen LogP contribution in [0.5, 0.6) is 0 Å². The number of benzene rings is 13. The Balaban J connectivity index is 0.809. The van der Waals surface area contributed by atoms with Crippen molar-refractivity contribution in [3.63, 3.8) is 0 Å². The Kier molecular flexibility index (Phi) is 12.7. The minimum atomic E-state index is 0.101. The van der Waals surface area contributed by atoms with E-state index in [4.69, 9.17) is 0 Å². The fourth-order valence-electron chi connectivity index (χ4n) is 11.9. The van der Waals surface area contributed by atoms with Crippen LogP contribution in [0.15, 0.2) is 315 Å². The van der Waals surface area contributed by atoms with Crippen LogP contribution in [0.4, 0.5) is 62.6 Å². The molecule has 380 valence electrons. The summed E-state index contributed by atoms with van der Waals surface area (Å²) in [5.74, 6) is 0. The molecule has 0 amide bonds. The van der Waals surface area contributed by atoms with Crippen molar-refractivity contribution in [2.75, 3.05) is 19.6 Å². The summed E-state index contributed by atoms with van der Waals surface area (Å²) in [5, 5.41) is 7.22. The Hall–Kier alpha value is -10.4. The van der Waals surface area contributed by atoms with Crippen LogP contribution in [0, 0.1) is 0 Å². The predicted molar refractivity (Wildman–Crippen MR) is 340 cm³/mol. The van der Waals surface area contributed by atoms with E-state index in [1.807, 2.05) is 0 Å². The van der Waals surface area contributed by atoms with Crippen LogP contribution in [0.1, 0.15) is 23.6 Å². The van der Waals surface area contributed by atoms with Crippen molar-refractivity contribution in [2.24, 2.45) is 0 Å². The molecule has 0 aromatic heterocycles. The lowest BCUT2D eigenvalue weighted by Gasteiger charge is -2.36. The molecule has 0 saturated heterocycles. The fraction of sp³-hybridized carbons (Fsp3) is 0.0263. The molecule has 80 heavy (non-hydrogen) atoms. The van der Waals surface area contributed by atoms with E-state index >= 15 is 0 Å².